The van der Waals surface area contributed by atoms with Crippen LogP contribution in [0.2, 0.25) is 0 Å². The molecule has 1 aromatic heterocycles. The molecular formula is C9H15N3O2. The summed E-state index contributed by atoms with van der Waals surface area (Å²) in [5, 5.41) is 6.53. The van der Waals surface area contributed by atoms with Gasteiger partial charge in [0.1, 0.15) is 0 Å². The van der Waals surface area contributed by atoms with Crippen LogP contribution in [0.4, 0.5) is 0 Å². The predicted molar refractivity (Wildman–Crippen MR) is 51.8 cm³/mol. The molecule has 0 radical (unpaired) electrons. The summed E-state index contributed by atoms with van der Waals surface area (Å²) in [5.74, 6) is -0.431. The molecule has 0 aliphatic heterocycles. The Kier molecular flexibility index (Phi) is 2.90. The average molecular weight is 197 g/mol. The van der Waals surface area contributed by atoms with E-state index in [-0.39, 0.29) is 5.69 Å². The van der Waals surface area contributed by atoms with E-state index in [1.54, 1.807) is 13.0 Å². The summed E-state index contributed by atoms with van der Waals surface area (Å²) in [6.07, 6.45) is 0. The Morgan fingerprint density at radius 1 is 1.71 bits per heavy atom. The van der Waals surface area contributed by atoms with E-state index in [1.165, 1.54) is 0 Å². The lowest BCUT2D eigenvalue weighted by molar-refractivity contribution is 0.0519. The standard InChI is InChI=1S/C9H15N3O2/c1-4-14-8(13)6-5-7(12-11-6)9(2,3)10/h5H,4,10H2,1-3H3,(H,11,12). The van der Waals surface area contributed by atoms with Gasteiger partial charge in [0, 0.05) is 0 Å². The molecular weight excluding hydrogens is 182 g/mol. The normalized spacial score (nSPS) is 11.4. The zero-order valence-corrected chi connectivity index (χ0v) is 8.63. The van der Waals surface area contributed by atoms with Crippen molar-refractivity contribution in [2.45, 2.75) is 26.3 Å². The number of H-pyrrole nitrogens is 1. The summed E-state index contributed by atoms with van der Waals surface area (Å²) in [6.45, 7) is 5.75. The molecule has 5 nitrogen and oxygen atoms in total. The maximum absolute atomic E-state index is 11.2. The molecule has 0 aliphatic carbocycles. The Labute approximate surface area is 82.6 Å². The topological polar surface area (TPSA) is 81.0 Å². The van der Waals surface area contributed by atoms with Crippen LogP contribution in [-0.4, -0.2) is 22.8 Å². The third kappa shape index (κ3) is 2.32. The summed E-state index contributed by atoms with van der Waals surface area (Å²) < 4.78 is 4.79. The molecule has 0 saturated carbocycles. The number of ether oxygens (including phenoxy) is 1. The molecule has 1 rings (SSSR count). The van der Waals surface area contributed by atoms with Gasteiger partial charge in [0.2, 0.25) is 0 Å². The number of nitrogens with two attached hydrogens (primary N) is 1. The van der Waals surface area contributed by atoms with Crippen molar-refractivity contribution in [3.63, 3.8) is 0 Å². The van der Waals surface area contributed by atoms with Gasteiger partial charge in [-0.05, 0) is 26.8 Å². The predicted octanol–water partition coefficient (Wildman–Crippen LogP) is 0.780. The molecule has 0 fully saturated rings. The molecule has 14 heavy (non-hydrogen) atoms. The quantitative estimate of drug-likeness (QED) is 0.701. The van der Waals surface area contributed by atoms with Gasteiger partial charge in [0.15, 0.2) is 5.69 Å². The van der Waals surface area contributed by atoms with Gasteiger partial charge in [0.05, 0.1) is 17.8 Å². The van der Waals surface area contributed by atoms with Gasteiger partial charge in [-0.15, -0.1) is 0 Å². The lowest BCUT2D eigenvalue weighted by atomic mass is 10.0. The van der Waals surface area contributed by atoms with Crippen molar-refractivity contribution < 1.29 is 9.53 Å². The van der Waals surface area contributed by atoms with Gasteiger partial charge < -0.3 is 10.5 Å². The van der Waals surface area contributed by atoms with Gasteiger partial charge in [-0.25, -0.2) is 4.79 Å². The third-order valence-corrected chi connectivity index (χ3v) is 1.76. The molecule has 1 heterocycles. The fourth-order valence-corrected chi connectivity index (χ4v) is 0.961. The minimum Gasteiger partial charge on any atom is -0.461 e. The van der Waals surface area contributed by atoms with Crippen LogP contribution in [0.1, 0.15) is 37.0 Å². The number of rotatable bonds is 3. The number of nitrogens with zero attached hydrogens (tertiary/aromatic N) is 1. The van der Waals surface area contributed by atoms with Crippen molar-refractivity contribution in [3.05, 3.63) is 17.5 Å². The van der Waals surface area contributed by atoms with Crippen molar-refractivity contribution in [1.82, 2.24) is 10.2 Å². The fourth-order valence-electron chi connectivity index (χ4n) is 0.961. The molecule has 0 amide bonds. The van der Waals surface area contributed by atoms with E-state index in [1.807, 2.05) is 13.8 Å². The van der Waals surface area contributed by atoms with Crippen LogP contribution in [0.15, 0.2) is 6.07 Å². The maximum Gasteiger partial charge on any atom is 0.358 e. The number of aromatic amines is 1. The molecule has 1 aromatic rings. The zero-order chi connectivity index (χ0) is 10.8. The van der Waals surface area contributed by atoms with Crippen molar-refractivity contribution in [1.29, 1.82) is 0 Å². The second kappa shape index (κ2) is 3.79. The summed E-state index contributed by atoms with van der Waals surface area (Å²) >= 11 is 0. The number of aromatic nitrogens is 2. The van der Waals surface area contributed by atoms with Crippen LogP contribution in [0.5, 0.6) is 0 Å². The summed E-state index contributed by atoms with van der Waals surface area (Å²) in [7, 11) is 0. The largest absolute Gasteiger partial charge is 0.461 e. The lowest BCUT2D eigenvalue weighted by Gasteiger charge is -2.14. The van der Waals surface area contributed by atoms with Crippen LogP contribution in [0.3, 0.4) is 0 Å². The number of hydrogen-bond donors (Lipinski definition) is 2. The Morgan fingerprint density at radius 3 is 2.79 bits per heavy atom. The first-order valence-electron chi connectivity index (χ1n) is 4.47. The van der Waals surface area contributed by atoms with Crippen molar-refractivity contribution >= 4 is 5.97 Å². The Morgan fingerprint density at radius 2 is 2.36 bits per heavy atom. The molecule has 3 N–H and O–H groups in total. The minimum absolute atomic E-state index is 0.264. The van der Waals surface area contributed by atoms with Gasteiger partial charge >= 0.3 is 5.97 Å². The van der Waals surface area contributed by atoms with Gasteiger partial charge in [-0.3, -0.25) is 5.10 Å². The molecule has 0 unspecified atom stereocenters. The first kappa shape index (κ1) is 10.7. The highest BCUT2D eigenvalue weighted by molar-refractivity contribution is 5.87. The maximum atomic E-state index is 11.2. The first-order chi connectivity index (χ1) is 6.45. The third-order valence-electron chi connectivity index (χ3n) is 1.76. The molecule has 5 heteroatoms. The van der Waals surface area contributed by atoms with E-state index in [2.05, 4.69) is 10.2 Å². The second-order valence-electron chi connectivity index (χ2n) is 3.61. The Balaban J connectivity index is 2.83. The highest BCUT2D eigenvalue weighted by atomic mass is 16.5. The lowest BCUT2D eigenvalue weighted by Crippen LogP contribution is -2.29. The van der Waals surface area contributed by atoms with Gasteiger partial charge in [0.25, 0.3) is 0 Å². The first-order valence-corrected chi connectivity index (χ1v) is 4.47. The molecule has 0 spiro atoms. The fraction of sp³-hybridized carbons (Fsp3) is 0.556. The smallest absolute Gasteiger partial charge is 0.358 e. The second-order valence-corrected chi connectivity index (χ2v) is 3.61. The van der Waals surface area contributed by atoms with E-state index in [0.717, 1.165) is 0 Å². The number of nitrogens with one attached hydrogen (secondary N) is 1. The van der Waals surface area contributed by atoms with Crippen LogP contribution in [0.25, 0.3) is 0 Å². The number of carbonyl (C=O) groups excluding carboxylic acids is 1. The van der Waals surface area contributed by atoms with Crippen LogP contribution < -0.4 is 5.73 Å². The minimum atomic E-state index is -0.530. The number of carbonyl (C=O) groups is 1. The van der Waals surface area contributed by atoms with E-state index in [0.29, 0.717) is 12.3 Å². The van der Waals surface area contributed by atoms with Crippen molar-refractivity contribution in [3.8, 4) is 0 Å². The number of esters is 1. The number of hydrogen-bond acceptors (Lipinski definition) is 4. The molecule has 78 valence electrons. The Bertz CT molecular complexity index is 325. The highest BCUT2D eigenvalue weighted by Gasteiger charge is 2.19. The summed E-state index contributed by atoms with van der Waals surface area (Å²) in [4.78, 5) is 11.2. The highest BCUT2D eigenvalue weighted by Crippen LogP contribution is 2.14. The van der Waals surface area contributed by atoms with Crippen molar-refractivity contribution in [2.75, 3.05) is 6.61 Å². The SMILES string of the molecule is CCOC(=O)c1cc(C(C)(C)N)[nH]n1. The van der Waals surface area contributed by atoms with Crippen LogP contribution >= 0.6 is 0 Å². The van der Waals surface area contributed by atoms with Crippen molar-refractivity contribution in [2.24, 2.45) is 5.73 Å². The van der Waals surface area contributed by atoms with E-state index in [9.17, 15) is 4.79 Å². The summed E-state index contributed by atoms with van der Waals surface area (Å²) in [5.41, 5.74) is 6.26. The molecule has 0 saturated heterocycles. The zero-order valence-electron chi connectivity index (χ0n) is 8.63. The van der Waals surface area contributed by atoms with Crippen LogP contribution in [0, 0.1) is 0 Å². The van der Waals surface area contributed by atoms with Crippen LogP contribution in [-0.2, 0) is 10.3 Å². The molecule has 0 atom stereocenters. The van der Waals surface area contributed by atoms with Gasteiger partial charge in [-0.1, -0.05) is 0 Å². The molecule has 0 bridgehead atoms. The van der Waals surface area contributed by atoms with E-state index < -0.39 is 11.5 Å². The molecule has 0 aliphatic rings. The molecule has 0 aromatic carbocycles. The monoisotopic (exact) mass is 197 g/mol. The van der Waals surface area contributed by atoms with E-state index in [4.69, 9.17) is 10.5 Å². The average Bonchev–Trinajstić information content (AvgIpc) is 2.51. The summed E-state index contributed by atoms with van der Waals surface area (Å²) in [6, 6.07) is 1.61. The van der Waals surface area contributed by atoms with E-state index >= 15 is 0 Å². The Hall–Kier alpha value is -1.36. The van der Waals surface area contributed by atoms with Gasteiger partial charge in [-0.2, -0.15) is 5.10 Å².